The Kier molecular flexibility index (Phi) is 8.38. The van der Waals surface area contributed by atoms with Crippen LogP contribution >= 0.6 is 0 Å². The first-order valence-corrected chi connectivity index (χ1v) is 9.67. The van der Waals surface area contributed by atoms with Gasteiger partial charge in [-0.1, -0.05) is 51.2 Å². The minimum atomic E-state index is -0.531. The Labute approximate surface area is 155 Å². The maximum Gasteiger partial charge on any atom is 0.315 e. The van der Waals surface area contributed by atoms with Gasteiger partial charge < -0.3 is 16.0 Å². The standard InChI is InChI=1S/C20H30FN3O2/c1-2-7-18(19(25)23-17-8-5-3-4-6-9-17)24-20(26)22-14-15-10-12-16(21)13-11-15/h10-13,17-18H,2-9,14H2,1H3,(H,23,25)(H2,22,24,26). The summed E-state index contributed by atoms with van der Waals surface area (Å²) in [5, 5.41) is 8.60. The van der Waals surface area contributed by atoms with E-state index in [1.807, 2.05) is 6.92 Å². The topological polar surface area (TPSA) is 70.2 Å². The molecule has 1 unspecified atom stereocenters. The Balaban J connectivity index is 1.81. The Morgan fingerprint density at radius 2 is 1.77 bits per heavy atom. The summed E-state index contributed by atoms with van der Waals surface area (Å²) < 4.78 is 12.9. The van der Waals surface area contributed by atoms with Crippen molar-refractivity contribution in [1.82, 2.24) is 16.0 Å². The van der Waals surface area contributed by atoms with E-state index in [0.29, 0.717) is 6.42 Å². The zero-order valence-electron chi connectivity index (χ0n) is 15.5. The molecular weight excluding hydrogens is 333 g/mol. The smallest absolute Gasteiger partial charge is 0.315 e. The molecule has 0 spiro atoms. The molecule has 3 amide bonds. The molecule has 1 atom stereocenters. The Hall–Kier alpha value is -2.11. The van der Waals surface area contributed by atoms with E-state index in [0.717, 1.165) is 37.7 Å². The number of rotatable bonds is 7. The average molecular weight is 363 g/mol. The van der Waals surface area contributed by atoms with Crippen LogP contribution in [-0.4, -0.2) is 24.0 Å². The molecular formula is C20H30FN3O2. The van der Waals surface area contributed by atoms with Crippen LogP contribution in [0.25, 0.3) is 0 Å². The Bertz CT molecular complexity index is 569. The molecule has 1 aromatic rings. The fourth-order valence-corrected chi connectivity index (χ4v) is 3.28. The van der Waals surface area contributed by atoms with E-state index in [2.05, 4.69) is 16.0 Å². The predicted octanol–water partition coefficient (Wildman–Crippen LogP) is 3.63. The first kappa shape index (κ1) is 20.2. The number of carbonyl (C=O) groups excluding carboxylic acids is 2. The predicted molar refractivity (Wildman–Crippen MR) is 100 cm³/mol. The minimum Gasteiger partial charge on any atom is -0.352 e. The Morgan fingerprint density at radius 3 is 2.38 bits per heavy atom. The highest BCUT2D eigenvalue weighted by atomic mass is 19.1. The third-order valence-corrected chi connectivity index (χ3v) is 4.77. The highest BCUT2D eigenvalue weighted by Gasteiger charge is 2.23. The zero-order chi connectivity index (χ0) is 18.8. The van der Waals surface area contributed by atoms with E-state index < -0.39 is 6.04 Å². The van der Waals surface area contributed by atoms with Gasteiger partial charge in [-0.15, -0.1) is 0 Å². The van der Waals surface area contributed by atoms with Gasteiger partial charge in [-0.05, 0) is 37.0 Å². The first-order chi connectivity index (χ1) is 12.6. The molecule has 0 saturated heterocycles. The van der Waals surface area contributed by atoms with Crippen LogP contribution in [0, 0.1) is 5.82 Å². The van der Waals surface area contributed by atoms with Crippen LogP contribution in [0.4, 0.5) is 9.18 Å². The molecule has 26 heavy (non-hydrogen) atoms. The summed E-state index contributed by atoms with van der Waals surface area (Å²) in [5.41, 5.74) is 0.802. The van der Waals surface area contributed by atoms with Crippen LogP contribution in [0.5, 0.6) is 0 Å². The van der Waals surface area contributed by atoms with Gasteiger partial charge in [-0.2, -0.15) is 0 Å². The number of hydrogen-bond donors (Lipinski definition) is 3. The number of amides is 3. The van der Waals surface area contributed by atoms with Crippen LogP contribution in [0.1, 0.15) is 63.9 Å². The van der Waals surface area contributed by atoms with Gasteiger partial charge in [0.25, 0.3) is 0 Å². The fraction of sp³-hybridized carbons (Fsp3) is 0.600. The first-order valence-electron chi connectivity index (χ1n) is 9.67. The zero-order valence-corrected chi connectivity index (χ0v) is 15.5. The van der Waals surface area contributed by atoms with Crippen LogP contribution in [0.15, 0.2) is 24.3 Å². The lowest BCUT2D eigenvalue weighted by atomic mass is 10.1. The molecule has 3 N–H and O–H groups in total. The van der Waals surface area contributed by atoms with Crippen molar-refractivity contribution in [2.24, 2.45) is 0 Å². The highest BCUT2D eigenvalue weighted by molar-refractivity contribution is 5.87. The van der Waals surface area contributed by atoms with Crippen molar-refractivity contribution >= 4 is 11.9 Å². The maximum atomic E-state index is 12.9. The molecule has 1 saturated carbocycles. The third kappa shape index (κ3) is 7.02. The minimum absolute atomic E-state index is 0.101. The number of carbonyl (C=O) groups is 2. The van der Waals surface area contributed by atoms with Gasteiger partial charge in [-0.25, -0.2) is 9.18 Å². The molecule has 1 aromatic carbocycles. The fourth-order valence-electron chi connectivity index (χ4n) is 3.28. The summed E-state index contributed by atoms with van der Waals surface area (Å²) >= 11 is 0. The van der Waals surface area contributed by atoms with Gasteiger partial charge >= 0.3 is 6.03 Å². The quantitative estimate of drug-likeness (QED) is 0.648. The number of urea groups is 1. The molecule has 0 bridgehead atoms. The SMILES string of the molecule is CCCC(NC(=O)NCc1ccc(F)cc1)C(=O)NC1CCCCCC1. The van der Waals surface area contributed by atoms with Crippen LogP contribution in [0.3, 0.4) is 0 Å². The lowest BCUT2D eigenvalue weighted by Crippen LogP contribution is -2.51. The second kappa shape index (κ2) is 10.8. The van der Waals surface area contributed by atoms with E-state index in [1.54, 1.807) is 12.1 Å². The molecule has 144 valence electrons. The summed E-state index contributed by atoms with van der Waals surface area (Å²) in [5.74, 6) is -0.410. The van der Waals surface area contributed by atoms with E-state index in [9.17, 15) is 14.0 Å². The van der Waals surface area contributed by atoms with Gasteiger partial charge in [0.1, 0.15) is 11.9 Å². The number of halogens is 1. The molecule has 5 nitrogen and oxygen atoms in total. The van der Waals surface area contributed by atoms with Crippen LogP contribution < -0.4 is 16.0 Å². The van der Waals surface area contributed by atoms with Crippen molar-refractivity contribution in [3.63, 3.8) is 0 Å². The van der Waals surface area contributed by atoms with E-state index in [1.165, 1.54) is 25.0 Å². The molecule has 0 heterocycles. The summed E-state index contributed by atoms with van der Waals surface area (Å²) in [6, 6.07) is 5.26. The lowest BCUT2D eigenvalue weighted by molar-refractivity contribution is -0.123. The van der Waals surface area contributed by atoms with Gasteiger partial charge in [0.15, 0.2) is 0 Å². The maximum absolute atomic E-state index is 12.9. The second-order valence-corrected chi connectivity index (χ2v) is 6.99. The van der Waals surface area contributed by atoms with Crippen molar-refractivity contribution in [1.29, 1.82) is 0 Å². The Morgan fingerprint density at radius 1 is 1.12 bits per heavy atom. The lowest BCUT2D eigenvalue weighted by Gasteiger charge is -2.22. The van der Waals surface area contributed by atoms with Crippen LogP contribution in [0.2, 0.25) is 0 Å². The molecule has 0 aliphatic heterocycles. The molecule has 0 aromatic heterocycles. The summed E-state index contributed by atoms with van der Waals surface area (Å²) in [7, 11) is 0. The van der Waals surface area contributed by atoms with Gasteiger partial charge in [-0.3, -0.25) is 4.79 Å². The highest BCUT2D eigenvalue weighted by Crippen LogP contribution is 2.17. The van der Waals surface area contributed by atoms with Crippen molar-refractivity contribution in [3.05, 3.63) is 35.6 Å². The van der Waals surface area contributed by atoms with Crippen molar-refractivity contribution < 1.29 is 14.0 Å². The van der Waals surface area contributed by atoms with Crippen molar-refractivity contribution in [2.75, 3.05) is 0 Å². The number of benzene rings is 1. The normalized spacial score (nSPS) is 16.4. The molecule has 1 aliphatic carbocycles. The van der Waals surface area contributed by atoms with Crippen molar-refractivity contribution in [3.8, 4) is 0 Å². The molecule has 6 heteroatoms. The monoisotopic (exact) mass is 363 g/mol. The number of hydrogen-bond acceptors (Lipinski definition) is 2. The van der Waals surface area contributed by atoms with E-state index in [-0.39, 0.29) is 30.3 Å². The molecule has 1 aliphatic rings. The molecule has 1 fully saturated rings. The van der Waals surface area contributed by atoms with Crippen LogP contribution in [-0.2, 0) is 11.3 Å². The second-order valence-electron chi connectivity index (χ2n) is 6.99. The number of nitrogens with one attached hydrogen (secondary N) is 3. The largest absolute Gasteiger partial charge is 0.352 e. The van der Waals surface area contributed by atoms with Gasteiger partial charge in [0.2, 0.25) is 5.91 Å². The average Bonchev–Trinajstić information content (AvgIpc) is 2.89. The van der Waals surface area contributed by atoms with Gasteiger partial charge in [0.05, 0.1) is 0 Å². The van der Waals surface area contributed by atoms with E-state index >= 15 is 0 Å². The summed E-state index contributed by atoms with van der Waals surface area (Å²) in [4.78, 5) is 24.7. The molecule has 2 rings (SSSR count). The van der Waals surface area contributed by atoms with E-state index in [4.69, 9.17) is 0 Å². The summed E-state index contributed by atoms with van der Waals surface area (Å²) in [6.45, 7) is 2.28. The molecule has 0 radical (unpaired) electrons. The van der Waals surface area contributed by atoms with Crippen molar-refractivity contribution in [2.45, 2.75) is 76.9 Å². The summed E-state index contributed by atoms with van der Waals surface area (Å²) in [6.07, 6.45) is 8.19. The van der Waals surface area contributed by atoms with Gasteiger partial charge in [0, 0.05) is 12.6 Å². The third-order valence-electron chi connectivity index (χ3n) is 4.77.